The van der Waals surface area contributed by atoms with Crippen LogP contribution in [0.25, 0.3) is 10.8 Å². The molecule has 1 unspecified atom stereocenters. The lowest BCUT2D eigenvalue weighted by Gasteiger charge is -2.22. The third-order valence-electron chi connectivity index (χ3n) is 4.76. The van der Waals surface area contributed by atoms with Gasteiger partial charge in [-0.2, -0.15) is 0 Å². The third kappa shape index (κ3) is 2.59. The van der Waals surface area contributed by atoms with Crippen molar-refractivity contribution in [1.82, 2.24) is 9.62 Å². The van der Waals surface area contributed by atoms with Gasteiger partial charge in [0.05, 0.1) is 4.90 Å². The molecule has 0 bridgehead atoms. The molecule has 1 atom stereocenters. The molecule has 0 aliphatic carbocycles. The standard InChI is InChI=1S/C20H16N2O4S/c1-20(16-9-3-2-4-10-16)18(23)22(19(24)21-20)27(25,26)17-12-11-14-7-5-6-8-15(14)13-17/h2-13H,1H3,(H,21,24). The van der Waals surface area contributed by atoms with Gasteiger partial charge in [0.15, 0.2) is 0 Å². The molecule has 27 heavy (non-hydrogen) atoms. The van der Waals surface area contributed by atoms with Gasteiger partial charge in [-0.1, -0.05) is 60.7 Å². The summed E-state index contributed by atoms with van der Waals surface area (Å²) in [6, 6.07) is 19.4. The molecule has 1 N–H and O–H groups in total. The second kappa shape index (κ2) is 5.92. The lowest BCUT2D eigenvalue weighted by molar-refractivity contribution is -0.127. The molecule has 0 spiro atoms. The number of hydrogen-bond donors (Lipinski definition) is 1. The van der Waals surface area contributed by atoms with Crippen LogP contribution >= 0.6 is 0 Å². The maximum atomic E-state index is 13.1. The molecule has 3 aromatic carbocycles. The van der Waals surface area contributed by atoms with Gasteiger partial charge in [-0.15, -0.1) is 4.31 Å². The van der Waals surface area contributed by atoms with Crippen molar-refractivity contribution in [2.75, 3.05) is 0 Å². The van der Waals surface area contributed by atoms with Crippen LogP contribution in [-0.2, 0) is 20.4 Å². The first-order valence-electron chi connectivity index (χ1n) is 8.30. The molecule has 0 saturated carbocycles. The quantitative estimate of drug-likeness (QED) is 0.708. The van der Waals surface area contributed by atoms with Gasteiger partial charge >= 0.3 is 6.03 Å². The molecule has 6 nitrogen and oxygen atoms in total. The number of nitrogens with one attached hydrogen (secondary N) is 1. The molecule has 0 aromatic heterocycles. The van der Waals surface area contributed by atoms with Gasteiger partial charge in [0.1, 0.15) is 5.54 Å². The van der Waals surface area contributed by atoms with Gasteiger partial charge in [0, 0.05) is 0 Å². The van der Waals surface area contributed by atoms with Crippen molar-refractivity contribution in [2.45, 2.75) is 17.4 Å². The van der Waals surface area contributed by atoms with E-state index in [9.17, 15) is 18.0 Å². The number of urea groups is 1. The van der Waals surface area contributed by atoms with Gasteiger partial charge in [-0.25, -0.2) is 13.2 Å². The highest BCUT2D eigenvalue weighted by Crippen LogP contribution is 2.33. The van der Waals surface area contributed by atoms with Gasteiger partial charge in [-0.3, -0.25) is 4.79 Å². The Morgan fingerprint density at radius 2 is 1.48 bits per heavy atom. The van der Waals surface area contributed by atoms with Crippen LogP contribution in [-0.4, -0.2) is 24.7 Å². The Hall–Kier alpha value is -3.19. The normalized spacial score (nSPS) is 20.1. The van der Waals surface area contributed by atoms with E-state index in [1.165, 1.54) is 19.1 Å². The van der Waals surface area contributed by atoms with Crippen molar-refractivity contribution in [3.63, 3.8) is 0 Å². The van der Waals surface area contributed by atoms with E-state index in [4.69, 9.17) is 0 Å². The Morgan fingerprint density at radius 3 is 2.19 bits per heavy atom. The van der Waals surface area contributed by atoms with Crippen molar-refractivity contribution < 1.29 is 18.0 Å². The first-order valence-corrected chi connectivity index (χ1v) is 9.74. The summed E-state index contributed by atoms with van der Waals surface area (Å²) in [5.41, 5.74) is -0.929. The lowest BCUT2D eigenvalue weighted by Crippen LogP contribution is -2.41. The number of rotatable bonds is 3. The maximum Gasteiger partial charge on any atom is 0.339 e. The fourth-order valence-electron chi connectivity index (χ4n) is 3.23. The fourth-order valence-corrected chi connectivity index (χ4v) is 4.62. The van der Waals surface area contributed by atoms with E-state index in [1.54, 1.807) is 48.5 Å². The molecule has 7 heteroatoms. The predicted octanol–water partition coefficient (Wildman–Crippen LogP) is 3.00. The van der Waals surface area contributed by atoms with E-state index in [-0.39, 0.29) is 4.90 Å². The monoisotopic (exact) mass is 380 g/mol. The highest BCUT2D eigenvalue weighted by atomic mass is 32.2. The maximum absolute atomic E-state index is 13.1. The van der Waals surface area contributed by atoms with Gasteiger partial charge in [-0.05, 0) is 35.4 Å². The van der Waals surface area contributed by atoms with Gasteiger partial charge in [0.2, 0.25) is 0 Å². The molecular formula is C20H16N2O4S. The number of nitrogens with zero attached hydrogens (tertiary/aromatic N) is 1. The minimum Gasteiger partial charge on any atom is -0.318 e. The van der Waals surface area contributed by atoms with E-state index in [0.717, 1.165) is 5.39 Å². The van der Waals surface area contributed by atoms with Gasteiger partial charge in [0.25, 0.3) is 15.9 Å². The highest BCUT2D eigenvalue weighted by molar-refractivity contribution is 7.90. The smallest absolute Gasteiger partial charge is 0.318 e. The summed E-state index contributed by atoms with van der Waals surface area (Å²) in [7, 11) is -4.34. The van der Waals surface area contributed by atoms with Crippen molar-refractivity contribution in [1.29, 1.82) is 0 Å². The summed E-state index contributed by atoms with van der Waals surface area (Å²) in [5, 5.41) is 4.09. The van der Waals surface area contributed by atoms with Crippen LogP contribution in [0.5, 0.6) is 0 Å². The number of hydrogen-bond acceptors (Lipinski definition) is 4. The van der Waals surface area contributed by atoms with Crippen LogP contribution in [0.3, 0.4) is 0 Å². The van der Waals surface area contributed by atoms with E-state index in [2.05, 4.69) is 5.32 Å². The fraction of sp³-hybridized carbons (Fsp3) is 0.100. The molecule has 3 aromatic rings. The Kier molecular flexibility index (Phi) is 3.78. The van der Waals surface area contributed by atoms with Crippen LogP contribution in [0, 0.1) is 0 Å². The van der Waals surface area contributed by atoms with E-state index in [1.807, 2.05) is 12.1 Å². The average molecular weight is 380 g/mol. The molecule has 1 aliphatic rings. The molecule has 1 fully saturated rings. The molecule has 1 saturated heterocycles. The number of imide groups is 1. The lowest BCUT2D eigenvalue weighted by atomic mass is 9.92. The summed E-state index contributed by atoms with van der Waals surface area (Å²) < 4.78 is 26.4. The number of carbonyl (C=O) groups excluding carboxylic acids is 2. The Morgan fingerprint density at radius 1 is 0.852 bits per heavy atom. The second-order valence-corrected chi connectivity index (χ2v) is 8.29. The average Bonchev–Trinajstić information content (AvgIpc) is 2.92. The third-order valence-corrected chi connectivity index (χ3v) is 6.43. The number of amides is 3. The summed E-state index contributed by atoms with van der Waals surface area (Å²) >= 11 is 0. The molecule has 1 aliphatic heterocycles. The Bertz CT molecular complexity index is 1170. The van der Waals surface area contributed by atoms with E-state index < -0.39 is 27.5 Å². The predicted molar refractivity (Wildman–Crippen MR) is 100 cm³/mol. The number of fused-ring (bicyclic) bond motifs is 1. The number of sulfonamides is 1. The SMILES string of the molecule is CC1(c2ccccc2)NC(=O)N(S(=O)(=O)c2ccc3ccccc3c2)C1=O. The van der Waals surface area contributed by atoms with Crippen LogP contribution < -0.4 is 5.32 Å². The topological polar surface area (TPSA) is 83.6 Å². The van der Waals surface area contributed by atoms with Crippen LogP contribution in [0.2, 0.25) is 0 Å². The zero-order valence-corrected chi connectivity index (χ0v) is 15.2. The van der Waals surface area contributed by atoms with Crippen molar-refractivity contribution in [2.24, 2.45) is 0 Å². The minimum atomic E-state index is -4.34. The van der Waals surface area contributed by atoms with Crippen molar-refractivity contribution in [3.05, 3.63) is 78.4 Å². The first kappa shape index (κ1) is 17.2. The second-order valence-electron chi connectivity index (χ2n) is 6.50. The highest BCUT2D eigenvalue weighted by Gasteiger charge is 2.54. The Labute approximate surface area is 156 Å². The van der Waals surface area contributed by atoms with E-state index in [0.29, 0.717) is 15.3 Å². The van der Waals surface area contributed by atoms with E-state index >= 15 is 0 Å². The first-order chi connectivity index (χ1) is 12.8. The van der Waals surface area contributed by atoms with Gasteiger partial charge < -0.3 is 5.32 Å². The summed E-state index contributed by atoms with van der Waals surface area (Å²) in [5.74, 6) is -0.827. The summed E-state index contributed by atoms with van der Waals surface area (Å²) in [4.78, 5) is 25.3. The minimum absolute atomic E-state index is 0.109. The number of carbonyl (C=O) groups is 2. The van der Waals surface area contributed by atoms with Crippen LogP contribution in [0.1, 0.15) is 12.5 Å². The van der Waals surface area contributed by atoms with Crippen molar-refractivity contribution in [3.8, 4) is 0 Å². The molecule has 1 heterocycles. The van der Waals surface area contributed by atoms with Crippen molar-refractivity contribution >= 4 is 32.7 Å². The molecule has 136 valence electrons. The molecular weight excluding hydrogens is 364 g/mol. The van der Waals surface area contributed by atoms with Crippen LogP contribution in [0.15, 0.2) is 77.7 Å². The zero-order valence-electron chi connectivity index (χ0n) is 14.4. The largest absolute Gasteiger partial charge is 0.339 e. The summed E-state index contributed by atoms with van der Waals surface area (Å²) in [6.45, 7) is 1.50. The zero-order chi connectivity index (χ0) is 19.2. The molecule has 4 rings (SSSR count). The molecule has 3 amide bonds. The number of benzene rings is 3. The summed E-state index contributed by atoms with van der Waals surface area (Å²) in [6.07, 6.45) is 0. The van der Waals surface area contributed by atoms with Crippen LogP contribution in [0.4, 0.5) is 4.79 Å². The Balaban J connectivity index is 1.79. The molecule has 0 radical (unpaired) electrons.